The molecule has 1 aromatic carbocycles. The number of nitrogens with one attached hydrogen (secondary N) is 1. The number of carbonyl (C=O) groups excluding carboxylic acids is 1. The highest BCUT2D eigenvalue weighted by molar-refractivity contribution is 7.97. The molecule has 0 fully saturated rings. The molecule has 0 spiro atoms. The number of amides is 1. The van der Waals surface area contributed by atoms with Gasteiger partial charge >= 0.3 is 0 Å². The third kappa shape index (κ3) is 3.89. The van der Waals surface area contributed by atoms with Gasteiger partial charge in [-0.1, -0.05) is 30.3 Å². The Bertz CT molecular complexity index is 488. The molecule has 1 N–H and O–H groups in total. The second-order valence-corrected chi connectivity index (χ2v) is 4.66. The Hall–Kier alpha value is -1.81. The van der Waals surface area contributed by atoms with Gasteiger partial charge in [0.05, 0.1) is 5.56 Å². The molecule has 0 aliphatic heterocycles. The minimum Gasteiger partial charge on any atom is -0.296 e. The minimum atomic E-state index is -0.0961. The summed E-state index contributed by atoms with van der Waals surface area (Å²) in [5.74, 6) is 0.761. The summed E-state index contributed by atoms with van der Waals surface area (Å²) in [6.07, 6.45) is 4.16. The summed E-state index contributed by atoms with van der Waals surface area (Å²) in [6, 6.07) is 13.7. The molecule has 2 rings (SSSR count). The molecule has 4 heteroatoms. The summed E-state index contributed by atoms with van der Waals surface area (Å²) < 4.78 is 2.81. The lowest BCUT2D eigenvalue weighted by Crippen LogP contribution is -2.16. The van der Waals surface area contributed by atoms with E-state index in [0.29, 0.717) is 5.56 Å². The van der Waals surface area contributed by atoms with Crippen LogP contribution in [-0.2, 0) is 6.42 Å². The first-order chi connectivity index (χ1) is 8.86. The van der Waals surface area contributed by atoms with E-state index in [9.17, 15) is 4.79 Å². The average molecular weight is 258 g/mol. The fraction of sp³-hybridized carbons (Fsp3) is 0.143. The molecule has 2 aromatic rings. The van der Waals surface area contributed by atoms with Crippen LogP contribution < -0.4 is 4.72 Å². The Morgan fingerprint density at radius 3 is 2.72 bits per heavy atom. The van der Waals surface area contributed by atoms with Gasteiger partial charge in [-0.3, -0.25) is 14.5 Å². The molecule has 1 amide bonds. The minimum absolute atomic E-state index is 0.0961. The van der Waals surface area contributed by atoms with Gasteiger partial charge in [0.15, 0.2) is 0 Å². The van der Waals surface area contributed by atoms with E-state index in [1.807, 2.05) is 18.2 Å². The monoisotopic (exact) mass is 258 g/mol. The van der Waals surface area contributed by atoms with E-state index in [2.05, 4.69) is 21.8 Å². The zero-order valence-corrected chi connectivity index (χ0v) is 10.7. The maximum Gasteiger partial charge on any atom is 0.262 e. The van der Waals surface area contributed by atoms with Crippen LogP contribution >= 0.6 is 11.9 Å². The number of hydrogen-bond donors (Lipinski definition) is 1. The Morgan fingerprint density at radius 1 is 1.17 bits per heavy atom. The van der Waals surface area contributed by atoms with Crippen molar-refractivity contribution in [3.63, 3.8) is 0 Å². The molecule has 0 unspecified atom stereocenters. The predicted molar refractivity (Wildman–Crippen MR) is 74.3 cm³/mol. The van der Waals surface area contributed by atoms with Gasteiger partial charge in [0.25, 0.3) is 5.91 Å². The second-order valence-electron chi connectivity index (χ2n) is 3.76. The molecule has 1 aromatic heterocycles. The third-order valence-electron chi connectivity index (χ3n) is 2.42. The quantitative estimate of drug-likeness (QED) is 0.662. The first-order valence-electron chi connectivity index (χ1n) is 5.72. The van der Waals surface area contributed by atoms with Crippen LogP contribution in [-0.4, -0.2) is 16.6 Å². The lowest BCUT2D eigenvalue weighted by Gasteiger charge is -2.04. The molecule has 0 radical (unpaired) electrons. The van der Waals surface area contributed by atoms with Crippen LogP contribution in [0.15, 0.2) is 54.9 Å². The van der Waals surface area contributed by atoms with E-state index >= 15 is 0 Å². The van der Waals surface area contributed by atoms with Gasteiger partial charge in [0, 0.05) is 18.1 Å². The summed E-state index contributed by atoms with van der Waals surface area (Å²) in [5.41, 5.74) is 1.87. The van der Waals surface area contributed by atoms with Crippen molar-refractivity contribution in [3.05, 3.63) is 66.0 Å². The first-order valence-corrected chi connectivity index (χ1v) is 6.71. The Labute approximate surface area is 111 Å². The lowest BCUT2D eigenvalue weighted by atomic mass is 10.2. The average Bonchev–Trinajstić information content (AvgIpc) is 2.45. The maximum atomic E-state index is 11.7. The highest BCUT2D eigenvalue weighted by Gasteiger charge is 2.03. The van der Waals surface area contributed by atoms with Gasteiger partial charge < -0.3 is 0 Å². The molecule has 0 atom stereocenters. The number of nitrogens with zero attached hydrogens (tertiary/aromatic N) is 1. The lowest BCUT2D eigenvalue weighted by molar-refractivity contribution is 0.0984. The highest BCUT2D eigenvalue weighted by atomic mass is 32.2. The van der Waals surface area contributed by atoms with E-state index in [4.69, 9.17) is 0 Å². The predicted octanol–water partition coefficient (Wildman–Crippen LogP) is 2.70. The standard InChI is InChI=1S/C14H14N2OS/c17-14(13-7-4-9-15-11-13)16-18-10-8-12-5-2-1-3-6-12/h1-7,9,11H,8,10H2,(H,16,17). The molecule has 92 valence electrons. The van der Waals surface area contributed by atoms with E-state index in [-0.39, 0.29) is 5.91 Å². The zero-order valence-electron chi connectivity index (χ0n) is 9.87. The van der Waals surface area contributed by atoms with Crippen molar-refractivity contribution in [2.75, 3.05) is 5.75 Å². The van der Waals surface area contributed by atoms with Gasteiger partial charge in [-0.2, -0.15) is 0 Å². The van der Waals surface area contributed by atoms with Crippen LogP contribution in [0.2, 0.25) is 0 Å². The molecule has 0 aliphatic rings. The number of carbonyl (C=O) groups is 1. The highest BCUT2D eigenvalue weighted by Crippen LogP contribution is 2.05. The molecule has 3 nitrogen and oxygen atoms in total. The summed E-state index contributed by atoms with van der Waals surface area (Å²) in [5, 5.41) is 0. The van der Waals surface area contributed by atoms with E-state index in [1.165, 1.54) is 17.5 Å². The largest absolute Gasteiger partial charge is 0.296 e. The van der Waals surface area contributed by atoms with Crippen LogP contribution in [0.1, 0.15) is 15.9 Å². The topological polar surface area (TPSA) is 42.0 Å². The first kappa shape index (κ1) is 12.6. The molecule has 0 bridgehead atoms. The summed E-state index contributed by atoms with van der Waals surface area (Å²) in [4.78, 5) is 15.6. The van der Waals surface area contributed by atoms with Crippen molar-refractivity contribution in [1.82, 2.24) is 9.71 Å². The fourth-order valence-electron chi connectivity index (χ4n) is 1.49. The van der Waals surface area contributed by atoms with E-state index in [0.717, 1.165) is 12.2 Å². The van der Waals surface area contributed by atoms with Crippen LogP contribution in [0.25, 0.3) is 0 Å². The van der Waals surface area contributed by atoms with Crippen molar-refractivity contribution in [3.8, 4) is 0 Å². The third-order valence-corrected chi connectivity index (χ3v) is 3.16. The number of aromatic nitrogens is 1. The summed E-state index contributed by atoms with van der Waals surface area (Å²) in [7, 11) is 0. The zero-order chi connectivity index (χ0) is 12.6. The maximum absolute atomic E-state index is 11.7. The Balaban J connectivity index is 1.72. The Kier molecular flexibility index (Phi) is 4.78. The van der Waals surface area contributed by atoms with Crippen molar-refractivity contribution < 1.29 is 4.79 Å². The van der Waals surface area contributed by atoms with Gasteiger partial charge in [-0.25, -0.2) is 0 Å². The summed E-state index contributed by atoms with van der Waals surface area (Å²) >= 11 is 1.42. The van der Waals surface area contributed by atoms with Crippen molar-refractivity contribution >= 4 is 17.9 Å². The molecule has 18 heavy (non-hydrogen) atoms. The van der Waals surface area contributed by atoms with Crippen molar-refractivity contribution in [2.45, 2.75) is 6.42 Å². The number of benzene rings is 1. The number of rotatable bonds is 5. The summed E-state index contributed by atoms with van der Waals surface area (Å²) in [6.45, 7) is 0. The van der Waals surface area contributed by atoms with Gasteiger partial charge in [-0.05, 0) is 36.1 Å². The fourth-order valence-corrected chi connectivity index (χ4v) is 2.17. The van der Waals surface area contributed by atoms with Gasteiger partial charge in [0.2, 0.25) is 0 Å². The van der Waals surface area contributed by atoms with Crippen LogP contribution in [0, 0.1) is 0 Å². The van der Waals surface area contributed by atoms with Crippen LogP contribution in [0.4, 0.5) is 0 Å². The second kappa shape index (κ2) is 6.81. The van der Waals surface area contributed by atoms with Crippen LogP contribution in [0.5, 0.6) is 0 Å². The van der Waals surface area contributed by atoms with E-state index < -0.39 is 0 Å². The van der Waals surface area contributed by atoms with Gasteiger partial charge in [0.1, 0.15) is 0 Å². The normalized spacial score (nSPS) is 10.0. The molecule has 1 heterocycles. The number of pyridine rings is 1. The van der Waals surface area contributed by atoms with Gasteiger partial charge in [-0.15, -0.1) is 0 Å². The smallest absolute Gasteiger partial charge is 0.262 e. The molecular formula is C14H14N2OS. The van der Waals surface area contributed by atoms with Crippen LogP contribution in [0.3, 0.4) is 0 Å². The SMILES string of the molecule is O=C(NSCCc1ccccc1)c1cccnc1. The number of aryl methyl sites for hydroxylation is 1. The molecular weight excluding hydrogens is 244 g/mol. The molecule has 0 saturated carbocycles. The van der Waals surface area contributed by atoms with E-state index in [1.54, 1.807) is 24.5 Å². The molecule has 0 aliphatic carbocycles. The number of hydrogen-bond acceptors (Lipinski definition) is 3. The van der Waals surface area contributed by atoms with Crippen molar-refractivity contribution in [2.24, 2.45) is 0 Å². The Morgan fingerprint density at radius 2 is 2.00 bits per heavy atom. The van der Waals surface area contributed by atoms with Crippen molar-refractivity contribution in [1.29, 1.82) is 0 Å². The molecule has 0 saturated heterocycles.